The van der Waals surface area contributed by atoms with E-state index in [1.807, 2.05) is 0 Å². The first-order chi connectivity index (χ1) is 15.8. The van der Waals surface area contributed by atoms with E-state index >= 15 is 0 Å². The molecule has 1 aliphatic rings. The van der Waals surface area contributed by atoms with E-state index in [4.69, 9.17) is 0 Å². The highest BCUT2D eigenvalue weighted by atomic mass is 32.1. The summed E-state index contributed by atoms with van der Waals surface area (Å²) in [7, 11) is 0. The van der Waals surface area contributed by atoms with Crippen molar-refractivity contribution in [3.8, 4) is 0 Å². The van der Waals surface area contributed by atoms with Crippen molar-refractivity contribution in [1.82, 2.24) is 24.5 Å². The number of carbonyl (C=O) groups excluding carboxylic acids is 2. The van der Waals surface area contributed by atoms with Crippen LogP contribution in [-0.4, -0.2) is 42.8 Å². The average molecular weight is 472 g/mol. The number of carbonyl (C=O) groups is 2. The van der Waals surface area contributed by atoms with Gasteiger partial charge in [0.2, 0.25) is 0 Å². The summed E-state index contributed by atoms with van der Waals surface area (Å²) in [5.74, 6) is -0.694. The fourth-order valence-electron chi connectivity index (χ4n) is 3.72. The maximum Gasteiger partial charge on any atom is 0.417 e. The molecule has 0 unspecified atom stereocenters. The lowest BCUT2D eigenvalue weighted by Crippen LogP contribution is -2.35. The third-order valence-electron chi connectivity index (χ3n) is 5.36. The van der Waals surface area contributed by atoms with E-state index in [0.29, 0.717) is 42.4 Å². The third kappa shape index (κ3) is 3.93. The normalized spacial score (nSPS) is 13.7. The smallest absolute Gasteiger partial charge is 0.333 e. The number of pyridine rings is 1. The Morgan fingerprint density at radius 1 is 1.09 bits per heavy atom. The minimum atomic E-state index is -4.55. The van der Waals surface area contributed by atoms with E-state index in [2.05, 4.69) is 20.4 Å². The predicted molar refractivity (Wildman–Crippen MR) is 113 cm³/mol. The van der Waals surface area contributed by atoms with Gasteiger partial charge >= 0.3 is 6.18 Å². The molecule has 0 spiro atoms. The Hall–Kier alpha value is -3.80. The summed E-state index contributed by atoms with van der Waals surface area (Å²) in [6.07, 6.45) is 4.08. The molecule has 2 amide bonds. The van der Waals surface area contributed by atoms with E-state index in [9.17, 15) is 22.8 Å². The molecule has 0 bridgehead atoms. The van der Waals surface area contributed by atoms with Gasteiger partial charge in [0.05, 0.1) is 53.0 Å². The van der Waals surface area contributed by atoms with Crippen molar-refractivity contribution in [2.75, 3.05) is 11.9 Å². The second-order valence-electron chi connectivity index (χ2n) is 7.41. The van der Waals surface area contributed by atoms with Crippen molar-refractivity contribution in [2.45, 2.75) is 19.1 Å². The summed E-state index contributed by atoms with van der Waals surface area (Å²) < 4.78 is 40.3. The van der Waals surface area contributed by atoms with Crippen LogP contribution in [0.4, 0.5) is 18.9 Å². The van der Waals surface area contributed by atoms with E-state index in [0.717, 1.165) is 22.7 Å². The molecular formula is C21H15F3N6O2S. The van der Waals surface area contributed by atoms with Crippen LogP contribution in [0.5, 0.6) is 0 Å². The van der Waals surface area contributed by atoms with E-state index in [1.54, 1.807) is 33.4 Å². The zero-order chi connectivity index (χ0) is 23.2. The Labute approximate surface area is 188 Å². The molecule has 5 heterocycles. The first-order valence-corrected chi connectivity index (χ1v) is 10.7. The second kappa shape index (κ2) is 7.96. The SMILES string of the molecule is O=C(Nc1cncc(C(F)(F)F)c1)c1csc2c1CCN(C(=O)c1cnn3ccncc13)C2. The molecule has 168 valence electrons. The standard InChI is InChI=1S/C21H15F3N6O2S/c22-21(23,24)12-5-13(7-26-6-12)28-19(31)16-11-33-18-10-29(3-1-14(16)18)20(32)15-8-27-30-4-2-25-9-17(15)30/h2,4-9,11H,1,3,10H2,(H,28,31). The molecule has 4 aromatic heterocycles. The first-order valence-electron chi connectivity index (χ1n) is 9.81. The molecule has 4 aromatic rings. The van der Waals surface area contributed by atoms with E-state index in [-0.39, 0.29) is 11.6 Å². The number of aromatic nitrogens is 4. The lowest BCUT2D eigenvalue weighted by Gasteiger charge is -2.27. The molecule has 0 atom stereocenters. The van der Waals surface area contributed by atoms with Gasteiger partial charge in [-0.2, -0.15) is 18.3 Å². The fourth-order valence-corrected chi connectivity index (χ4v) is 4.82. The number of nitrogens with one attached hydrogen (secondary N) is 1. The quantitative estimate of drug-likeness (QED) is 0.491. The molecule has 5 rings (SSSR count). The minimum Gasteiger partial charge on any atom is -0.333 e. The molecule has 0 radical (unpaired) electrons. The van der Waals surface area contributed by atoms with Crippen LogP contribution < -0.4 is 5.32 Å². The highest BCUT2D eigenvalue weighted by Crippen LogP contribution is 2.32. The second-order valence-corrected chi connectivity index (χ2v) is 8.37. The topological polar surface area (TPSA) is 92.5 Å². The molecule has 0 saturated carbocycles. The molecular weight excluding hydrogens is 457 g/mol. The van der Waals surface area contributed by atoms with Crippen molar-refractivity contribution in [2.24, 2.45) is 0 Å². The molecule has 12 heteroatoms. The number of hydrogen-bond donors (Lipinski definition) is 1. The Morgan fingerprint density at radius 2 is 1.94 bits per heavy atom. The highest BCUT2D eigenvalue weighted by molar-refractivity contribution is 7.10. The van der Waals surface area contributed by atoms with Gasteiger partial charge in [-0.3, -0.25) is 19.6 Å². The number of halogens is 3. The summed E-state index contributed by atoms with van der Waals surface area (Å²) >= 11 is 1.34. The van der Waals surface area contributed by atoms with Crippen LogP contribution in [0, 0.1) is 0 Å². The zero-order valence-electron chi connectivity index (χ0n) is 16.8. The maximum atomic E-state index is 13.1. The van der Waals surface area contributed by atoms with Crippen molar-refractivity contribution in [3.63, 3.8) is 0 Å². The molecule has 33 heavy (non-hydrogen) atoms. The van der Waals surface area contributed by atoms with Crippen molar-refractivity contribution < 1.29 is 22.8 Å². The Kier molecular flexibility index (Phi) is 5.08. The van der Waals surface area contributed by atoms with Gasteiger partial charge in [-0.25, -0.2) is 4.52 Å². The van der Waals surface area contributed by atoms with Crippen LogP contribution >= 0.6 is 11.3 Å². The Morgan fingerprint density at radius 3 is 2.76 bits per heavy atom. The summed E-state index contributed by atoms with van der Waals surface area (Å²) in [6, 6.07) is 0.842. The van der Waals surface area contributed by atoms with Gasteiger partial charge in [0.15, 0.2) is 0 Å². The molecule has 0 fully saturated rings. The molecule has 1 aliphatic heterocycles. The van der Waals surface area contributed by atoms with Crippen LogP contribution in [0.15, 0.2) is 48.6 Å². The van der Waals surface area contributed by atoms with Crippen LogP contribution in [0.3, 0.4) is 0 Å². The van der Waals surface area contributed by atoms with Crippen LogP contribution in [0.1, 0.15) is 36.7 Å². The van der Waals surface area contributed by atoms with Gasteiger partial charge in [-0.1, -0.05) is 0 Å². The molecule has 8 nitrogen and oxygen atoms in total. The molecule has 0 saturated heterocycles. The van der Waals surface area contributed by atoms with Gasteiger partial charge in [-0.15, -0.1) is 11.3 Å². The first kappa shape index (κ1) is 21.1. The van der Waals surface area contributed by atoms with Crippen molar-refractivity contribution in [1.29, 1.82) is 0 Å². The van der Waals surface area contributed by atoms with Crippen molar-refractivity contribution in [3.05, 3.63) is 75.8 Å². The largest absolute Gasteiger partial charge is 0.417 e. The minimum absolute atomic E-state index is 0.0379. The third-order valence-corrected chi connectivity index (χ3v) is 6.37. The molecule has 0 aromatic carbocycles. The maximum absolute atomic E-state index is 13.1. The number of anilines is 1. The lowest BCUT2D eigenvalue weighted by atomic mass is 10.0. The van der Waals surface area contributed by atoms with E-state index in [1.165, 1.54) is 17.5 Å². The molecule has 1 N–H and O–H groups in total. The van der Waals surface area contributed by atoms with Gasteiger partial charge in [-0.05, 0) is 18.1 Å². The number of rotatable bonds is 3. The number of hydrogen-bond acceptors (Lipinski definition) is 6. The van der Waals surface area contributed by atoms with Crippen LogP contribution in [0.25, 0.3) is 5.52 Å². The fraction of sp³-hybridized carbons (Fsp3) is 0.190. The molecule has 0 aliphatic carbocycles. The monoisotopic (exact) mass is 472 g/mol. The average Bonchev–Trinajstić information content (AvgIpc) is 3.42. The summed E-state index contributed by atoms with van der Waals surface area (Å²) in [5, 5.41) is 8.32. The van der Waals surface area contributed by atoms with E-state index < -0.39 is 17.6 Å². The Balaban J connectivity index is 1.33. The highest BCUT2D eigenvalue weighted by Gasteiger charge is 2.32. The number of fused-ring (bicyclic) bond motifs is 2. The van der Waals surface area contributed by atoms with Gasteiger partial charge in [0.25, 0.3) is 11.8 Å². The summed E-state index contributed by atoms with van der Waals surface area (Å²) in [5.41, 5.74) is 1.25. The summed E-state index contributed by atoms with van der Waals surface area (Å²) in [4.78, 5) is 35.9. The van der Waals surface area contributed by atoms with Gasteiger partial charge in [0, 0.05) is 35.4 Å². The number of thiophene rings is 1. The van der Waals surface area contributed by atoms with Gasteiger partial charge < -0.3 is 10.2 Å². The number of alkyl halides is 3. The zero-order valence-corrected chi connectivity index (χ0v) is 17.7. The number of amides is 2. The lowest BCUT2D eigenvalue weighted by molar-refractivity contribution is -0.137. The number of nitrogens with zero attached hydrogens (tertiary/aromatic N) is 5. The van der Waals surface area contributed by atoms with Crippen LogP contribution in [0.2, 0.25) is 0 Å². The summed E-state index contributed by atoms with van der Waals surface area (Å²) in [6.45, 7) is 0.723. The van der Waals surface area contributed by atoms with Gasteiger partial charge in [0.1, 0.15) is 0 Å². The Bertz CT molecular complexity index is 1380. The van der Waals surface area contributed by atoms with Crippen LogP contribution in [-0.2, 0) is 19.1 Å². The van der Waals surface area contributed by atoms with Crippen molar-refractivity contribution >= 4 is 34.4 Å². The predicted octanol–water partition coefficient (Wildman–Crippen LogP) is 3.66.